The lowest BCUT2D eigenvalue weighted by molar-refractivity contribution is 0.296. The van der Waals surface area contributed by atoms with Crippen LogP contribution in [-0.4, -0.2) is 23.6 Å². The number of hydrogen-bond donors (Lipinski definition) is 0. The molecular formula is C9H14F2N2. The molecule has 1 heterocycles. The lowest BCUT2D eigenvalue weighted by Gasteiger charge is -2.28. The van der Waals surface area contributed by atoms with Gasteiger partial charge in [0.1, 0.15) is 11.5 Å². The van der Waals surface area contributed by atoms with Gasteiger partial charge in [-0.1, -0.05) is 6.92 Å². The molecule has 0 atom stereocenters. The van der Waals surface area contributed by atoms with Gasteiger partial charge in [0, 0.05) is 7.05 Å². The van der Waals surface area contributed by atoms with Gasteiger partial charge in [-0.05, 0) is 20.3 Å². The van der Waals surface area contributed by atoms with Crippen molar-refractivity contribution >= 4 is 6.09 Å². The zero-order valence-electron chi connectivity index (χ0n) is 8.36. The average molecular weight is 188 g/mol. The molecule has 0 saturated heterocycles. The third-order valence-corrected chi connectivity index (χ3v) is 2.47. The highest BCUT2D eigenvalue weighted by Crippen LogP contribution is 2.34. The van der Waals surface area contributed by atoms with E-state index in [4.69, 9.17) is 0 Å². The Morgan fingerprint density at radius 2 is 2.08 bits per heavy atom. The first-order valence-electron chi connectivity index (χ1n) is 4.28. The number of aliphatic imine (C=N–C) groups is 1. The number of allylic oxidation sites excluding steroid dienone is 1. The summed E-state index contributed by atoms with van der Waals surface area (Å²) in [4.78, 5) is 4.90. The summed E-state index contributed by atoms with van der Waals surface area (Å²) in [5.41, 5.74) is -0.473. The maximum absolute atomic E-state index is 13.3. The highest BCUT2D eigenvalue weighted by molar-refractivity contribution is 5.78. The van der Waals surface area contributed by atoms with Gasteiger partial charge in [-0.25, -0.2) is 9.38 Å². The van der Waals surface area contributed by atoms with Crippen LogP contribution in [-0.2, 0) is 0 Å². The first kappa shape index (κ1) is 10.2. The molecule has 74 valence electrons. The molecule has 0 aromatic heterocycles. The number of rotatable bonds is 1. The van der Waals surface area contributed by atoms with Crippen LogP contribution in [0.4, 0.5) is 8.78 Å². The van der Waals surface area contributed by atoms with Crippen LogP contribution in [0.1, 0.15) is 27.2 Å². The standard InChI is InChI=1S/C9H14F2N2/c1-5-6(10)7-9(2,3)13(4)8(11)12-7/h5H2,1-4H3/b7-6-. The summed E-state index contributed by atoms with van der Waals surface area (Å²) >= 11 is 0. The monoisotopic (exact) mass is 188 g/mol. The summed E-state index contributed by atoms with van der Waals surface area (Å²) in [7, 11) is 1.56. The van der Waals surface area contributed by atoms with Crippen LogP contribution in [0.15, 0.2) is 16.5 Å². The van der Waals surface area contributed by atoms with E-state index in [0.717, 1.165) is 0 Å². The van der Waals surface area contributed by atoms with Crippen LogP contribution < -0.4 is 0 Å². The van der Waals surface area contributed by atoms with Crippen molar-refractivity contribution in [1.82, 2.24) is 4.90 Å². The van der Waals surface area contributed by atoms with Gasteiger partial charge in [-0.2, -0.15) is 4.39 Å². The fraction of sp³-hybridized carbons (Fsp3) is 0.667. The Bertz CT molecular complexity index is 279. The van der Waals surface area contributed by atoms with E-state index >= 15 is 0 Å². The molecule has 1 aliphatic heterocycles. The molecule has 0 aromatic carbocycles. The van der Waals surface area contributed by atoms with Crippen molar-refractivity contribution in [3.8, 4) is 0 Å². The number of likely N-dealkylation sites (N-methyl/N-ethyl adjacent to an activating group) is 1. The van der Waals surface area contributed by atoms with Crippen molar-refractivity contribution in [2.45, 2.75) is 32.7 Å². The van der Waals surface area contributed by atoms with Crippen molar-refractivity contribution in [2.24, 2.45) is 4.99 Å². The lowest BCUT2D eigenvalue weighted by Crippen LogP contribution is -2.39. The molecule has 1 rings (SSSR count). The van der Waals surface area contributed by atoms with Crippen LogP contribution >= 0.6 is 0 Å². The Kier molecular flexibility index (Phi) is 2.41. The van der Waals surface area contributed by atoms with Crippen LogP contribution in [0.2, 0.25) is 0 Å². The second-order valence-corrected chi connectivity index (χ2v) is 3.61. The quantitative estimate of drug-likeness (QED) is 0.577. The fourth-order valence-corrected chi connectivity index (χ4v) is 1.25. The maximum atomic E-state index is 13.3. The van der Waals surface area contributed by atoms with Gasteiger partial charge in [-0.15, -0.1) is 0 Å². The molecule has 0 aliphatic carbocycles. The van der Waals surface area contributed by atoms with Crippen molar-refractivity contribution in [3.63, 3.8) is 0 Å². The molecule has 2 nitrogen and oxygen atoms in total. The van der Waals surface area contributed by atoms with E-state index in [0.29, 0.717) is 0 Å². The molecule has 0 N–H and O–H groups in total. The smallest absolute Gasteiger partial charge is 0.285 e. The Labute approximate surface area is 76.9 Å². The molecule has 4 heteroatoms. The predicted molar refractivity (Wildman–Crippen MR) is 48.8 cm³/mol. The summed E-state index contributed by atoms with van der Waals surface area (Å²) < 4.78 is 26.3. The third kappa shape index (κ3) is 1.45. The van der Waals surface area contributed by atoms with Crippen LogP contribution in [0.25, 0.3) is 0 Å². The van der Waals surface area contributed by atoms with Crippen molar-refractivity contribution in [2.75, 3.05) is 7.05 Å². The SMILES string of the molecule is CC/C(F)=C1/N=C(F)N(C)C1(C)C. The van der Waals surface area contributed by atoms with Gasteiger partial charge in [0.15, 0.2) is 0 Å². The van der Waals surface area contributed by atoms with Gasteiger partial charge < -0.3 is 4.90 Å². The largest absolute Gasteiger partial charge is 0.325 e. The zero-order valence-corrected chi connectivity index (χ0v) is 8.36. The summed E-state index contributed by atoms with van der Waals surface area (Å²) in [6.45, 7) is 5.17. The van der Waals surface area contributed by atoms with Crippen LogP contribution in [0.5, 0.6) is 0 Å². The molecule has 0 radical (unpaired) electrons. The topological polar surface area (TPSA) is 15.6 Å². The maximum Gasteiger partial charge on any atom is 0.285 e. The molecule has 0 amide bonds. The van der Waals surface area contributed by atoms with Gasteiger partial charge in [0.2, 0.25) is 0 Å². The van der Waals surface area contributed by atoms with E-state index in [1.165, 1.54) is 4.90 Å². The predicted octanol–water partition coefficient (Wildman–Crippen LogP) is 2.63. The summed E-state index contributed by atoms with van der Waals surface area (Å²) in [5, 5.41) is 0. The molecule has 1 aliphatic rings. The van der Waals surface area contributed by atoms with Crippen molar-refractivity contribution in [3.05, 3.63) is 11.5 Å². The van der Waals surface area contributed by atoms with E-state index in [1.807, 2.05) is 0 Å². The van der Waals surface area contributed by atoms with Gasteiger partial charge >= 0.3 is 0 Å². The highest BCUT2D eigenvalue weighted by atomic mass is 19.1. The fourth-order valence-electron chi connectivity index (χ4n) is 1.25. The van der Waals surface area contributed by atoms with Gasteiger partial charge in [0.05, 0.1) is 5.54 Å². The second-order valence-electron chi connectivity index (χ2n) is 3.61. The average Bonchev–Trinajstić information content (AvgIpc) is 2.28. The molecule has 0 bridgehead atoms. The summed E-state index contributed by atoms with van der Waals surface area (Å²) in [6.07, 6.45) is -0.368. The highest BCUT2D eigenvalue weighted by Gasteiger charge is 2.39. The summed E-state index contributed by atoms with van der Waals surface area (Å²) in [5.74, 6) is -0.343. The molecule has 0 fully saturated rings. The van der Waals surface area contributed by atoms with E-state index in [2.05, 4.69) is 4.99 Å². The van der Waals surface area contributed by atoms with E-state index in [9.17, 15) is 8.78 Å². The third-order valence-electron chi connectivity index (χ3n) is 2.47. The first-order chi connectivity index (χ1) is 5.91. The number of amidine groups is 1. The first-order valence-corrected chi connectivity index (χ1v) is 4.28. The van der Waals surface area contributed by atoms with Gasteiger partial charge in [-0.3, -0.25) is 0 Å². The Hall–Kier alpha value is -0.930. The number of nitrogens with zero attached hydrogens (tertiary/aromatic N) is 2. The normalized spacial score (nSPS) is 24.8. The Morgan fingerprint density at radius 1 is 1.54 bits per heavy atom. The number of hydrogen-bond acceptors (Lipinski definition) is 2. The second kappa shape index (κ2) is 3.09. The van der Waals surface area contributed by atoms with Crippen LogP contribution in [0, 0.1) is 0 Å². The molecule has 0 saturated carbocycles. The van der Waals surface area contributed by atoms with Gasteiger partial charge in [0.25, 0.3) is 6.09 Å². The molecular weight excluding hydrogens is 174 g/mol. The van der Waals surface area contributed by atoms with Crippen molar-refractivity contribution < 1.29 is 8.78 Å². The molecule has 13 heavy (non-hydrogen) atoms. The minimum absolute atomic E-state index is 0.204. The lowest BCUT2D eigenvalue weighted by atomic mass is 9.99. The molecule has 0 aromatic rings. The molecule has 0 unspecified atom stereocenters. The zero-order chi connectivity index (χ0) is 10.2. The number of halogens is 2. The Morgan fingerprint density at radius 3 is 2.38 bits per heavy atom. The minimum Gasteiger partial charge on any atom is -0.325 e. The summed E-state index contributed by atoms with van der Waals surface area (Å²) in [6, 6.07) is 0. The van der Waals surface area contributed by atoms with E-state index < -0.39 is 11.6 Å². The molecule has 0 spiro atoms. The Balaban J connectivity index is 3.15. The van der Waals surface area contributed by atoms with E-state index in [-0.39, 0.29) is 17.9 Å². The van der Waals surface area contributed by atoms with E-state index in [1.54, 1.807) is 27.8 Å². The van der Waals surface area contributed by atoms with Crippen LogP contribution in [0.3, 0.4) is 0 Å². The minimum atomic E-state index is -0.676. The van der Waals surface area contributed by atoms with Crippen molar-refractivity contribution in [1.29, 1.82) is 0 Å².